The number of amides is 1. The van der Waals surface area contributed by atoms with Crippen LogP contribution in [0.25, 0.3) is 0 Å². The second kappa shape index (κ2) is 5.94. The largest absolute Gasteiger partial charge is 0.323 e. The maximum Gasteiger partial charge on any atom is 0.248 e. The molecular formula is C12H10BrCl2N3O. The maximum absolute atomic E-state index is 12.1. The highest BCUT2D eigenvalue weighted by Gasteiger charge is 2.17. The van der Waals surface area contributed by atoms with E-state index in [0.29, 0.717) is 15.7 Å². The zero-order valence-corrected chi connectivity index (χ0v) is 13.0. The third kappa shape index (κ3) is 3.49. The van der Waals surface area contributed by atoms with Crippen molar-refractivity contribution in [2.75, 3.05) is 5.32 Å². The lowest BCUT2D eigenvalue weighted by atomic mass is 10.2. The molecule has 100 valence electrons. The molecule has 1 aromatic heterocycles. The molecule has 0 saturated heterocycles. The van der Waals surface area contributed by atoms with Crippen LogP contribution in [0.3, 0.4) is 0 Å². The molecule has 0 spiro atoms. The predicted octanol–water partition coefficient (Wildman–Crippen LogP) is 4.15. The number of halogens is 3. The maximum atomic E-state index is 12.1. The Hall–Kier alpha value is -1.04. The van der Waals surface area contributed by atoms with Crippen LogP contribution in [0.4, 0.5) is 5.69 Å². The fourth-order valence-corrected chi connectivity index (χ4v) is 2.12. The number of nitrogens with zero attached hydrogens (tertiary/aromatic N) is 2. The first kappa shape index (κ1) is 14.4. The molecule has 2 rings (SSSR count). The summed E-state index contributed by atoms with van der Waals surface area (Å²) in [5.74, 6) is -0.222. The molecule has 1 N–H and O–H groups in total. The fourth-order valence-electron chi connectivity index (χ4n) is 1.48. The van der Waals surface area contributed by atoms with E-state index in [1.807, 2.05) is 0 Å². The molecule has 0 aliphatic carbocycles. The van der Waals surface area contributed by atoms with Gasteiger partial charge in [0.15, 0.2) is 0 Å². The van der Waals surface area contributed by atoms with E-state index in [-0.39, 0.29) is 5.91 Å². The summed E-state index contributed by atoms with van der Waals surface area (Å²) in [6, 6.07) is 4.44. The van der Waals surface area contributed by atoms with Crippen LogP contribution in [0, 0.1) is 0 Å². The van der Waals surface area contributed by atoms with Crippen LogP contribution in [-0.2, 0) is 4.79 Å². The van der Waals surface area contributed by atoms with Gasteiger partial charge in [0.2, 0.25) is 5.91 Å². The molecule has 2 aromatic rings. The monoisotopic (exact) mass is 361 g/mol. The Balaban J connectivity index is 2.14. The lowest BCUT2D eigenvalue weighted by molar-refractivity contribution is -0.119. The van der Waals surface area contributed by atoms with Gasteiger partial charge in [0.05, 0.1) is 21.4 Å². The highest BCUT2D eigenvalue weighted by Crippen LogP contribution is 2.26. The summed E-state index contributed by atoms with van der Waals surface area (Å²) >= 11 is 15.1. The van der Waals surface area contributed by atoms with E-state index in [1.165, 1.54) is 0 Å². The Kier molecular flexibility index (Phi) is 4.50. The molecule has 0 fully saturated rings. The number of anilines is 1. The Morgan fingerprint density at radius 3 is 2.84 bits per heavy atom. The third-order valence-electron chi connectivity index (χ3n) is 2.53. The van der Waals surface area contributed by atoms with Gasteiger partial charge in [-0.15, -0.1) is 0 Å². The van der Waals surface area contributed by atoms with Crippen LogP contribution < -0.4 is 5.32 Å². The van der Waals surface area contributed by atoms with Gasteiger partial charge in [0.25, 0.3) is 0 Å². The van der Waals surface area contributed by atoms with Crippen LogP contribution in [-0.4, -0.2) is 15.7 Å². The number of aromatic nitrogens is 2. The number of rotatable bonds is 3. The molecule has 19 heavy (non-hydrogen) atoms. The summed E-state index contributed by atoms with van der Waals surface area (Å²) in [6.07, 6.45) is 3.35. The molecule has 1 aromatic carbocycles. The molecule has 0 radical (unpaired) electrons. The second-order valence-electron chi connectivity index (χ2n) is 3.93. The molecule has 1 amide bonds. The average Bonchev–Trinajstić information content (AvgIpc) is 2.79. The number of carbonyl (C=O) groups is 1. The van der Waals surface area contributed by atoms with E-state index in [9.17, 15) is 4.79 Å². The standard InChI is InChI=1S/C12H10BrCl2N3O/c1-7(18-6-8(13)5-16-18)12(19)17-11-4-9(14)2-3-10(11)15/h2-7H,1H3,(H,17,19)/t7-/m1/s1. The van der Waals surface area contributed by atoms with E-state index in [0.717, 1.165) is 4.47 Å². The zero-order valence-electron chi connectivity index (χ0n) is 9.90. The lowest BCUT2D eigenvalue weighted by Gasteiger charge is -2.13. The van der Waals surface area contributed by atoms with Crippen LogP contribution in [0.15, 0.2) is 35.1 Å². The van der Waals surface area contributed by atoms with Crippen molar-refractivity contribution in [3.63, 3.8) is 0 Å². The Morgan fingerprint density at radius 1 is 1.47 bits per heavy atom. The molecule has 0 bridgehead atoms. The summed E-state index contributed by atoms with van der Waals surface area (Å²) < 4.78 is 2.37. The van der Waals surface area contributed by atoms with Crippen molar-refractivity contribution in [3.05, 3.63) is 45.1 Å². The minimum atomic E-state index is -0.457. The van der Waals surface area contributed by atoms with Crippen LogP contribution in [0.2, 0.25) is 10.0 Å². The molecule has 4 nitrogen and oxygen atoms in total. The summed E-state index contributed by atoms with van der Waals surface area (Å²) in [7, 11) is 0. The first-order valence-electron chi connectivity index (χ1n) is 5.43. The summed E-state index contributed by atoms with van der Waals surface area (Å²) in [4.78, 5) is 12.1. The van der Waals surface area contributed by atoms with Crippen LogP contribution >= 0.6 is 39.1 Å². The van der Waals surface area contributed by atoms with Crippen molar-refractivity contribution in [1.29, 1.82) is 0 Å². The Morgan fingerprint density at radius 2 is 2.21 bits per heavy atom. The number of hydrogen-bond acceptors (Lipinski definition) is 2. The smallest absolute Gasteiger partial charge is 0.248 e. The fraction of sp³-hybridized carbons (Fsp3) is 0.167. The first-order chi connectivity index (χ1) is 8.97. The Labute approximate surface area is 128 Å². The van der Waals surface area contributed by atoms with Gasteiger partial charge in [-0.2, -0.15) is 5.10 Å². The van der Waals surface area contributed by atoms with Crippen molar-refractivity contribution in [3.8, 4) is 0 Å². The average molecular weight is 363 g/mol. The summed E-state index contributed by atoms with van der Waals surface area (Å²) in [5, 5.41) is 7.74. The number of benzene rings is 1. The SMILES string of the molecule is C[C@H](C(=O)Nc1cc(Cl)ccc1Cl)n1cc(Br)cn1. The highest BCUT2D eigenvalue weighted by molar-refractivity contribution is 9.10. The van der Waals surface area contributed by atoms with Gasteiger partial charge in [0, 0.05) is 11.2 Å². The number of carbonyl (C=O) groups excluding carboxylic acids is 1. The lowest BCUT2D eigenvalue weighted by Crippen LogP contribution is -2.24. The third-order valence-corrected chi connectivity index (χ3v) is 3.51. The topological polar surface area (TPSA) is 46.9 Å². The van der Waals surface area contributed by atoms with E-state index in [1.54, 1.807) is 42.2 Å². The number of hydrogen-bond donors (Lipinski definition) is 1. The summed E-state index contributed by atoms with van der Waals surface area (Å²) in [6.45, 7) is 1.74. The molecule has 0 aliphatic heterocycles. The minimum absolute atomic E-state index is 0.222. The molecular weight excluding hydrogens is 353 g/mol. The molecule has 0 saturated carbocycles. The quantitative estimate of drug-likeness (QED) is 0.891. The number of nitrogens with one attached hydrogen (secondary N) is 1. The van der Waals surface area contributed by atoms with Crippen molar-refractivity contribution in [2.24, 2.45) is 0 Å². The van der Waals surface area contributed by atoms with E-state index >= 15 is 0 Å². The molecule has 0 unspecified atom stereocenters. The first-order valence-corrected chi connectivity index (χ1v) is 6.98. The van der Waals surface area contributed by atoms with Crippen molar-refractivity contribution in [2.45, 2.75) is 13.0 Å². The molecule has 7 heteroatoms. The van der Waals surface area contributed by atoms with Gasteiger partial charge < -0.3 is 5.32 Å². The molecule has 0 aliphatic rings. The predicted molar refractivity (Wildman–Crippen MR) is 79.7 cm³/mol. The van der Waals surface area contributed by atoms with Gasteiger partial charge in [-0.25, -0.2) is 0 Å². The van der Waals surface area contributed by atoms with Gasteiger partial charge in [-0.1, -0.05) is 23.2 Å². The van der Waals surface area contributed by atoms with E-state index < -0.39 is 6.04 Å². The Bertz CT molecular complexity index is 615. The van der Waals surface area contributed by atoms with Crippen molar-refractivity contribution < 1.29 is 4.79 Å². The van der Waals surface area contributed by atoms with Gasteiger partial charge in [-0.3, -0.25) is 9.48 Å². The molecule has 1 atom stereocenters. The molecule has 1 heterocycles. The van der Waals surface area contributed by atoms with Gasteiger partial charge in [0.1, 0.15) is 6.04 Å². The zero-order chi connectivity index (χ0) is 14.0. The van der Waals surface area contributed by atoms with Crippen molar-refractivity contribution >= 4 is 50.7 Å². The van der Waals surface area contributed by atoms with E-state index in [4.69, 9.17) is 23.2 Å². The highest BCUT2D eigenvalue weighted by atomic mass is 79.9. The van der Waals surface area contributed by atoms with Gasteiger partial charge >= 0.3 is 0 Å². The summed E-state index contributed by atoms with van der Waals surface area (Å²) in [5.41, 5.74) is 0.484. The van der Waals surface area contributed by atoms with Crippen molar-refractivity contribution in [1.82, 2.24) is 9.78 Å². The van der Waals surface area contributed by atoms with Gasteiger partial charge in [-0.05, 0) is 41.1 Å². The normalized spacial score (nSPS) is 12.2. The van der Waals surface area contributed by atoms with E-state index in [2.05, 4.69) is 26.3 Å². The van der Waals surface area contributed by atoms with Crippen LogP contribution in [0.5, 0.6) is 0 Å². The van der Waals surface area contributed by atoms with Crippen LogP contribution in [0.1, 0.15) is 13.0 Å². The second-order valence-corrected chi connectivity index (χ2v) is 5.69. The minimum Gasteiger partial charge on any atom is -0.323 e.